The van der Waals surface area contributed by atoms with E-state index < -0.39 is 0 Å². The van der Waals surface area contributed by atoms with Crippen LogP contribution >= 0.6 is 0 Å². The van der Waals surface area contributed by atoms with Gasteiger partial charge in [-0.15, -0.1) is 0 Å². The van der Waals surface area contributed by atoms with Gasteiger partial charge in [-0.1, -0.05) is 19.3 Å². The van der Waals surface area contributed by atoms with Gasteiger partial charge in [-0.05, 0) is 38.1 Å². The first kappa shape index (κ1) is 11.5. The van der Waals surface area contributed by atoms with E-state index in [0.29, 0.717) is 17.9 Å². The molecule has 0 aromatic rings. The van der Waals surface area contributed by atoms with Gasteiger partial charge in [-0.3, -0.25) is 4.79 Å². The van der Waals surface area contributed by atoms with Crippen molar-refractivity contribution in [2.24, 2.45) is 11.3 Å². The Labute approximate surface area is 104 Å². The number of hydrogen-bond acceptors (Lipinski definition) is 2. The van der Waals surface area contributed by atoms with Gasteiger partial charge in [-0.2, -0.15) is 0 Å². The van der Waals surface area contributed by atoms with Crippen molar-refractivity contribution in [2.45, 2.75) is 51.0 Å². The van der Waals surface area contributed by atoms with Crippen LogP contribution in [0.4, 0.5) is 0 Å². The van der Waals surface area contributed by atoms with Crippen molar-refractivity contribution in [1.29, 1.82) is 0 Å². The zero-order valence-electron chi connectivity index (χ0n) is 10.9. The van der Waals surface area contributed by atoms with Crippen LogP contribution in [0.5, 0.6) is 0 Å². The van der Waals surface area contributed by atoms with Crippen molar-refractivity contribution < 1.29 is 4.79 Å². The van der Waals surface area contributed by atoms with Crippen LogP contribution in [0.3, 0.4) is 0 Å². The second kappa shape index (κ2) is 4.27. The average Bonchev–Trinajstić information content (AvgIpc) is 3.02. The first-order valence-electron chi connectivity index (χ1n) is 7.22. The summed E-state index contributed by atoms with van der Waals surface area (Å²) >= 11 is 0. The molecular formula is C14H24N2O. The summed E-state index contributed by atoms with van der Waals surface area (Å²) in [6, 6.07) is 0.527. The molecule has 2 atom stereocenters. The van der Waals surface area contributed by atoms with Crippen molar-refractivity contribution in [1.82, 2.24) is 10.2 Å². The van der Waals surface area contributed by atoms with Crippen LogP contribution in [0.15, 0.2) is 0 Å². The number of nitrogens with one attached hydrogen (secondary N) is 1. The van der Waals surface area contributed by atoms with Gasteiger partial charge in [0.25, 0.3) is 0 Å². The predicted octanol–water partition coefficient (Wildman–Crippen LogP) is 1.78. The van der Waals surface area contributed by atoms with Crippen molar-refractivity contribution in [3.05, 3.63) is 0 Å². The maximum atomic E-state index is 12.8. The zero-order chi connectivity index (χ0) is 11.9. The molecule has 3 aliphatic rings. The van der Waals surface area contributed by atoms with Gasteiger partial charge in [0, 0.05) is 19.6 Å². The Kier molecular flexibility index (Phi) is 2.89. The highest BCUT2D eigenvalue weighted by molar-refractivity contribution is 5.84. The molecule has 0 unspecified atom stereocenters. The highest BCUT2D eigenvalue weighted by Crippen LogP contribution is 2.47. The Bertz CT molecular complexity index is 299. The molecule has 3 fully saturated rings. The number of rotatable bonds is 2. The summed E-state index contributed by atoms with van der Waals surface area (Å²) in [5, 5.41) is 3.44. The third-order valence-electron chi connectivity index (χ3n) is 5.41. The molecule has 0 spiro atoms. The number of carbonyl (C=O) groups excluding carboxylic acids is 1. The summed E-state index contributed by atoms with van der Waals surface area (Å²) in [5.74, 6) is 1.05. The fourth-order valence-electron chi connectivity index (χ4n) is 4.31. The Morgan fingerprint density at radius 1 is 1.24 bits per heavy atom. The number of fused-ring (bicyclic) bond motifs is 1. The van der Waals surface area contributed by atoms with E-state index in [9.17, 15) is 4.79 Å². The minimum atomic E-state index is -0.0304. The zero-order valence-corrected chi connectivity index (χ0v) is 10.9. The van der Waals surface area contributed by atoms with Crippen molar-refractivity contribution >= 4 is 5.91 Å². The number of hydrogen-bond donors (Lipinski definition) is 1. The lowest BCUT2D eigenvalue weighted by molar-refractivity contribution is -0.143. The molecule has 1 amide bonds. The standard InChI is InChI=1S/C14H24N2O/c1-16(12-6-2-3-7-12)13(17)14-8-4-5-11(14)9-15-10-14/h11-12,15H,2-10H2,1H3/t11-,14-/m1/s1. The monoisotopic (exact) mass is 236 g/mol. The molecule has 3 nitrogen and oxygen atoms in total. The minimum Gasteiger partial charge on any atom is -0.342 e. The Balaban J connectivity index is 1.76. The smallest absolute Gasteiger partial charge is 0.230 e. The highest BCUT2D eigenvalue weighted by atomic mass is 16.2. The molecule has 3 rings (SSSR count). The third kappa shape index (κ3) is 1.70. The molecule has 0 radical (unpaired) electrons. The summed E-state index contributed by atoms with van der Waals surface area (Å²) in [6.07, 6.45) is 8.65. The normalized spacial score (nSPS) is 37.4. The van der Waals surface area contributed by atoms with Crippen LogP contribution < -0.4 is 5.32 Å². The van der Waals surface area contributed by atoms with Crippen LogP contribution in [0.2, 0.25) is 0 Å². The summed E-state index contributed by atoms with van der Waals surface area (Å²) in [6.45, 7) is 1.98. The molecule has 0 aromatic heterocycles. The lowest BCUT2D eigenvalue weighted by Gasteiger charge is -2.35. The molecule has 2 aliphatic carbocycles. The summed E-state index contributed by atoms with van der Waals surface area (Å²) < 4.78 is 0. The molecule has 0 aromatic carbocycles. The fraction of sp³-hybridized carbons (Fsp3) is 0.929. The van der Waals surface area contributed by atoms with E-state index in [0.717, 1.165) is 19.5 Å². The number of amides is 1. The summed E-state index contributed by atoms with van der Waals surface area (Å²) in [4.78, 5) is 14.9. The predicted molar refractivity (Wildman–Crippen MR) is 67.7 cm³/mol. The largest absolute Gasteiger partial charge is 0.342 e. The molecular weight excluding hydrogens is 212 g/mol. The Morgan fingerprint density at radius 2 is 2.00 bits per heavy atom. The Morgan fingerprint density at radius 3 is 2.76 bits per heavy atom. The van der Waals surface area contributed by atoms with Crippen LogP contribution in [0.25, 0.3) is 0 Å². The van der Waals surface area contributed by atoms with Gasteiger partial charge in [0.2, 0.25) is 5.91 Å². The van der Waals surface area contributed by atoms with E-state index in [4.69, 9.17) is 0 Å². The SMILES string of the molecule is CN(C(=O)[C@@]12CCC[C@@H]1CNC2)C1CCCC1. The lowest BCUT2D eigenvalue weighted by atomic mass is 9.79. The van der Waals surface area contributed by atoms with E-state index >= 15 is 0 Å². The van der Waals surface area contributed by atoms with Crippen molar-refractivity contribution in [3.63, 3.8) is 0 Å². The average molecular weight is 236 g/mol. The molecule has 3 heteroatoms. The topological polar surface area (TPSA) is 32.3 Å². The summed E-state index contributed by atoms with van der Waals surface area (Å²) in [7, 11) is 2.04. The highest BCUT2D eigenvalue weighted by Gasteiger charge is 2.53. The Hall–Kier alpha value is -0.570. The van der Waals surface area contributed by atoms with E-state index in [-0.39, 0.29) is 5.41 Å². The van der Waals surface area contributed by atoms with E-state index in [1.165, 1.54) is 38.5 Å². The van der Waals surface area contributed by atoms with Gasteiger partial charge in [0.05, 0.1) is 5.41 Å². The number of carbonyl (C=O) groups is 1. The third-order valence-corrected chi connectivity index (χ3v) is 5.41. The van der Waals surface area contributed by atoms with E-state index in [2.05, 4.69) is 10.2 Å². The maximum Gasteiger partial charge on any atom is 0.230 e. The first-order chi connectivity index (χ1) is 8.24. The van der Waals surface area contributed by atoms with E-state index in [1.807, 2.05) is 7.05 Å². The molecule has 0 bridgehead atoms. The van der Waals surface area contributed by atoms with Gasteiger partial charge in [0.1, 0.15) is 0 Å². The fourth-order valence-corrected chi connectivity index (χ4v) is 4.31. The summed E-state index contributed by atoms with van der Waals surface area (Å²) in [5.41, 5.74) is -0.0304. The second-order valence-electron chi connectivity index (χ2n) is 6.23. The van der Waals surface area contributed by atoms with Gasteiger partial charge in [-0.25, -0.2) is 0 Å². The number of nitrogens with zero attached hydrogens (tertiary/aromatic N) is 1. The molecule has 2 saturated carbocycles. The van der Waals surface area contributed by atoms with E-state index in [1.54, 1.807) is 0 Å². The molecule has 17 heavy (non-hydrogen) atoms. The lowest BCUT2D eigenvalue weighted by Crippen LogP contribution is -2.48. The molecule has 1 N–H and O–H groups in total. The minimum absolute atomic E-state index is 0.0304. The second-order valence-corrected chi connectivity index (χ2v) is 6.23. The van der Waals surface area contributed by atoms with Crippen LogP contribution in [0.1, 0.15) is 44.9 Å². The maximum absolute atomic E-state index is 12.8. The molecule has 1 heterocycles. The molecule has 96 valence electrons. The molecule has 1 saturated heterocycles. The molecule has 1 aliphatic heterocycles. The van der Waals surface area contributed by atoms with Gasteiger partial charge in [0.15, 0.2) is 0 Å². The van der Waals surface area contributed by atoms with Crippen molar-refractivity contribution in [3.8, 4) is 0 Å². The quantitative estimate of drug-likeness (QED) is 0.792. The van der Waals surface area contributed by atoms with Crippen LogP contribution in [-0.2, 0) is 4.79 Å². The van der Waals surface area contributed by atoms with Crippen LogP contribution in [0, 0.1) is 11.3 Å². The first-order valence-corrected chi connectivity index (χ1v) is 7.22. The van der Waals surface area contributed by atoms with Gasteiger partial charge < -0.3 is 10.2 Å². The van der Waals surface area contributed by atoms with Crippen LogP contribution in [-0.4, -0.2) is 37.0 Å². The van der Waals surface area contributed by atoms with Gasteiger partial charge >= 0.3 is 0 Å². The van der Waals surface area contributed by atoms with Crippen molar-refractivity contribution in [2.75, 3.05) is 20.1 Å².